The van der Waals surface area contributed by atoms with Gasteiger partial charge in [0.1, 0.15) is 15.5 Å². The number of hydrogen-bond acceptors (Lipinski definition) is 4. The molecule has 7 heteroatoms. The van der Waals surface area contributed by atoms with Crippen LogP contribution in [0.2, 0.25) is 0 Å². The van der Waals surface area contributed by atoms with Crippen LogP contribution in [0.25, 0.3) is 15.9 Å². The van der Waals surface area contributed by atoms with E-state index in [4.69, 9.17) is 4.74 Å². The number of ether oxygens (including phenoxy) is 1. The number of carbonyl (C=O) groups excluding carboxylic acids is 1. The van der Waals surface area contributed by atoms with Gasteiger partial charge >= 0.3 is 0 Å². The second kappa shape index (κ2) is 7.54. The van der Waals surface area contributed by atoms with Crippen LogP contribution in [0.4, 0.5) is 0 Å². The second-order valence-electron chi connectivity index (χ2n) is 5.87. The SMILES string of the molecule is COc1ccc(Br)cc1CNC(=O)c1sc2ncccc2c1-n1cccc1. The lowest BCUT2D eigenvalue weighted by Gasteiger charge is -2.11. The first-order valence-electron chi connectivity index (χ1n) is 8.29. The summed E-state index contributed by atoms with van der Waals surface area (Å²) in [6.45, 7) is 0.369. The first-order valence-corrected chi connectivity index (χ1v) is 9.90. The highest BCUT2D eigenvalue weighted by molar-refractivity contribution is 9.10. The van der Waals surface area contributed by atoms with Gasteiger partial charge in [0.2, 0.25) is 0 Å². The Labute approximate surface area is 168 Å². The van der Waals surface area contributed by atoms with Gasteiger partial charge in [0.15, 0.2) is 0 Å². The third-order valence-corrected chi connectivity index (χ3v) is 5.79. The Kier molecular flexibility index (Phi) is 4.96. The van der Waals surface area contributed by atoms with E-state index < -0.39 is 0 Å². The fraction of sp³-hybridized carbons (Fsp3) is 0.100. The van der Waals surface area contributed by atoms with Crippen molar-refractivity contribution < 1.29 is 9.53 Å². The summed E-state index contributed by atoms with van der Waals surface area (Å²) in [6.07, 6.45) is 5.61. The van der Waals surface area contributed by atoms with Gasteiger partial charge in [-0.3, -0.25) is 4.79 Å². The summed E-state index contributed by atoms with van der Waals surface area (Å²) in [7, 11) is 1.62. The van der Waals surface area contributed by atoms with Crippen molar-refractivity contribution in [3.05, 3.63) is 76.0 Å². The number of methoxy groups -OCH3 is 1. The van der Waals surface area contributed by atoms with Crippen LogP contribution < -0.4 is 10.1 Å². The molecule has 0 spiro atoms. The van der Waals surface area contributed by atoms with Gasteiger partial charge in [-0.1, -0.05) is 15.9 Å². The van der Waals surface area contributed by atoms with E-state index in [2.05, 4.69) is 26.2 Å². The molecule has 1 aromatic carbocycles. The summed E-state index contributed by atoms with van der Waals surface area (Å²) in [5.74, 6) is 0.603. The molecule has 27 heavy (non-hydrogen) atoms. The minimum atomic E-state index is -0.135. The number of amides is 1. The van der Waals surface area contributed by atoms with Crippen LogP contribution >= 0.6 is 27.3 Å². The number of nitrogens with zero attached hydrogens (tertiary/aromatic N) is 2. The number of halogens is 1. The highest BCUT2D eigenvalue weighted by Crippen LogP contribution is 2.33. The van der Waals surface area contributed by atoms with Crippen molar-refractivity contribution in [3.63, 3.8) is 0 Å². The van der Waals surface area contributed by atoms with Gasteiger partial charge < -0.3 is 14.6 Å². The molecule has 3 aromatic heterocycles. The zero-order valence-corrected chi connectivity index (χ0v) is 16.9. The van der Waals surface area contributed by atoms with Crippen LogP contribution in [-0.4, -0.2) is 22.6 Å². The summed E-state index contributed by atoms with van der Waals surface area (Å²) >= 11 is 4.85. The van der Waals surface area contributed by atoms with Crippen molar-refractivity contribution in [2.75, 3.05) is 7.11 Å². The van der Waals surface area contributed by atoms with Gasteiger partial charge in [-0.05, 0) is 42.5 Å². The molecule has 4 aromatic rings. The van der Waals surface area contributed by atoms with Gasteiger partial charge in [0.25, 0.3) is 5.91 Å². The maximum atomic E-state index is 13.0. The Morgan fingerprint density at radius 1 is 1.26 bits per heavy atom. The van der Waals surface area contributed by atoms with Crippen LogP contribution in [0.3, 0.4) is 0 Å². The van der Waals surface area contributed by atoms with Gasteiger partial charge in [-0.25, -0.2) is 4.98 Å². The van der Waals surface area contributed by atoms with E-state index in [0.717, 1.165) is 31.7 Å². The number of carbonyl (C=O) groups is 1. The van der Waals surface area contributed by atoms with E-state index in [-0.39, 0.29) is 5.91 Å². The number of pyridine rings is 1. The smallest absolute Gasteiger partial charge is 0.263 e. The topological polar surface area (TPSA) is 56.1 Å². The van der Waals surface area contributed by atoms with Crippen molar-refractivity contribution in [3.8, 4) is 11.4 Å². The third-order valence-electron chi connectivity index (χ3n) is 4.19. The average molecular weight is 442 g/mol. The molecule has 0 atom stereocenters. The molecule has 0 aliphatic heterocycles. The lowest BCUT2D eigenvalue weighted by atomic mass is 10.2. The summed E-state index contributed by atoms with van der Waals surface area (Å²) in [4.78, 5) is 18.9. The molecule has 0 saturated heterocycles. The fourth-order valence-corrected chi connectivity index (χ4v) is 4.42. The van der Waals surface area contributed by atoms with E-state index in [1.165, 1.54) is 11.3 Å². The van der Waals surface area contributed by atoms with Crippen molar-refractivity contribution in [2.45, 2.75) is 6.54 Å². The molecule has 0 aliphatic carbocycles. The van der Waals surface area contributed by atoms with Crippen LogP contribution in [0.1, 0.15) is 15.2 Å². The third kappa shape index (κ3) is 3.48. The van der Waals surface area contributed by atoms with Gasteiger partial charge in [0, 0.05) is 40.6 Å². The fourth-order valence-electron chi connectivity index (χ4n) is 2.95. The van der Waals surface area contributed by atoms with E-state index in [9.17, 15) is 4.79 Å². The van der Waals surface area contributed by atoms with Gasteiger partial charge in [-0.2, -0.15) is 0 Å². The predicted molar refractivity (Wildman–Crippen MR) is 111 cm³/mol. The van der Waals surface area contributed by atoms with E-state index in [1.807, 2.05) is 59.4 Å². The van der Waals surface area contributed by atoms with Crippen molar-refractivity contribution in [2.24, 2.45) is 0 Å². The normalized spacial score (nSPS) is 10.9. The quantitative estimate of drug-likeness (QED) is 0.484. The molecule has 0 fully saturated rings. The number of fused-ring (bicyclic) bond motifs is 1. The molecule has 0 saturated carbocycles. The van der Waals surface area contributed by atoms with Crippen LogP contribution in [0.5, 0.6) is 5.75 Å². The first-order chi connectivity index (χ1) is 13.2. The molecule has 5 nitrogen and oxygen atoms in total. The van der Waals surface area contributed by atoms with Crippen molar-refractivity contribution >= 4 is 43.4 Å². The maximum Gasteiger partial charge on any atom is 0.263 e. The highest BCUT2D eigenvalue weighted by Gasteiger charge is 2.20. The molecule has 0 bridgehead atoms. The Morgan fingerprint density at radius 2 is 2.07 bits per heavy atom. The van der Waals surface area contributed by atoms with Gasteiger partial charge in [-0.15, -0.1) is 11.3 Å². The number of benzene rings is 1. The molecular formula is C20H16BrN3O2S. The summed E-state index contributed by atoms with van der Waals surface area (Å²) < 4.78 is 8.28. The molecule has 136 valence electrons. The molecule has 4 rings (SSSR count). The average Bonchev–Trinajstić information content (AvgIpc) is 3.33. The molecule has 0 aliphatic rings. The number of aromatic nitrogens is 2. The maximum absolute atomic E-state index is 13.0. The monoisotopic (exact) mass is 441 g/mol. The molecular weight excluding hydrogens is 426 g/mol. The molecule has 1 amide bonds. The summed E-state index contributed by atoms with van der Waals surface area (Å²) in [6, 6.07) is 13.5. The van der Waals surface area contributed by atoms with E-state index in [0.29, 0.717) is 11.4 Å². The summed E-state index contributed by atoms with van der Waals surface area (Å²) in [5, 5.41) is 3.97. The lowest BCUT2D eigenvalue weighted by Crippen LogP contribution is -2.23. The Hall–Kier alpha value is -2.64. The second-order valence-corrected chi connectivity index (χ2v) is 7.78. The Morgan fingerprint density at radius 3 is 2.85 bits per heavy atom. The van der Waals surface area contributed by atoms with Crippen molar-refractivity contribution in [1.82, 2.24) is 14.9 Å². The number of nitrogens with one attached hydrogen (secondary N) is 1. The van der Waals surface area contributed by atoms with E-state index in [1.54, 1.807) is 13.3 Å². The molecule has 0 radical (unpaired) electrons. The predicted octanol–water partition coefficient (Wildman–Crippen LogP) is 4.79. The van der Waals surface area contributed by atoms with Gasteiger partial charge in [0.05, 0.1) is 12.8 Å². The molecule has 0 unspecified atom stereocenters. The minimum absolute atomic E-state index is 0.135. The number of hydrogen-bond donors (Lipinski definition) is 1. The number of rotatable bonds is 5. The lowest BCUT2D eigenvalue weighted by molar-refractivity contribution is 0.0955. The zero-order chi connectivity index (χ0) is 18.8. The zero-order valence-electron chi connectivity index (χ0n) is 14.5. The standard InChI is InChI=1S/C20H16BrN3O2S/c1-26-16-7-6-14(21)11-13(16)12-23-19(25)18-17(24-9-2-3-10-24)15-5-4-8-22-20(15)27-18/h2-11H,12H2,1H3,(H,23,25). The Balaban J connectivity index is 1.68. The van der Waals surface area contributed by atoms with Crippen molar-refractivity contribution in [1.29, 1.82) is 0 Å². The van der Waals surface area contributed by atoms with E-state index >= 15 is 0 Å². The molecule has 3 heterocycles. The number of thiophene rings is 1. The van der Waals surface area contributed by atoms with Crippen LogP contribution in [0.15, 0.2) is 65.5 Å². The molecule has 1 N–H and O–H groups in total. The minimum Gasteiger partial charge on any atom is -0.496 e. The highest BCUT2D eigenvalue weighted by atomic mass is 79.9. The first kappa shape index (κ1) is 17.8. The largest absolute Gasteiger partial charge is 0.496 e. The summed E-state index contributed by atoms with van der Waals surface area (Å²) in [5.41, 5.74) is 1.76. The van der Waals surface area contributed by atoms with Crippen LogP contribution in [-0.2, 0) is 6.54 Å². The Bertz CT molecular complexity index is 1110. The van der Waals surface area contributed by atoms with Crippen LogP contribution in [0, 0.1) is 0 Å².